The summed E-state index contributed by atoms with van der Waals surface area (Å²) in [6.45, 7) is 0. The summed E-state index contributed by atoms with van der Waals surface area (Å²) in [6.07, 6.45) is -0.0447. The second-order valence-corrected chi connectivity index (χ2v) is 4.25. The molecule has 0 radical (unpaired) electrons. The number of azo groups is 1. The van der Waals surface area contributed by atoms with Crippen LogP contribution in [0.2, 0.25) is 0 Å². The SMILES string of the molecule is O=CC(C=O)N=NC(C=O)(C=O)c1ccc([N+](=O)[O-])cc1[N+](=O)[O-]. The van der Waals surface area contributed by atoms with Gasteiger partial charge in [-0.05, 0) is 6.07 Å². The fourth-order valence-corrected chi connectivity index (χ4v) is 1.63. The van der Waals surface area contributed by atoms with E-state index in [0.29, 0.717) is 6.07 Å². The van der Waals surface area contributed by atoms with Crippen molar-refractivity contribution in [3.05, 3.63) is 44.0 Å². The van der Waals surface area contributed by atoms with Gasteiger partial charge in [0.1, 0.15) is 0 Å². The van der Waals surface area contributed by atoms with Crippen molar-refractivity contribution in [2.45, 2.75) is 11.6 Å². The minimum Gasteiger partial charge on any atom is -0.300 e. The lowest BCUT2D eigenvalue weighted by atomic mass is 9.92. The Labute approximate surface area is 132 Å². The number of hydrogen-bond acceptors (Lipinski definition) is 10. The van der Waals surface area contributed by atoms with Crippen LogP contribution in [0.5, 0.6) is 0 Å². The zero-order valence-corrected chi connectivity index (χ0v) is 11.7. The van der Waals surface area contributed by atoms with Crippen LogP contribution in [0.4, 0.5) is 11.4 Å². The largest absolute Gasteiger partial charge is 0.300 e. The molecule has 0 aliphatic carbocycles. The zero-order valence-electron chi connectivity index (χ0n) is 11.7. The Bertz CT molecular complexity index is 729. The first-order valence-electron chi connectivity index (χ1n) is 6.03. The van der Waals surface area contributed by atoms with Crippen molar-refractivity contribution in [1.82, 2.24) is 0 Å². The van der Waals surface area contributed by atoms with Crippen molar-refractivity contribution in [2.75, 3.05) is 0 Å². The average molecular weight is 336 g/mol. The second kappa shape index (κ2) is 7.53. The Kier molecular flexibility index (Phi) is 5.76. The maximum atomic E-state index is 11.3. The summed E-state index contributed by atoms with van der Waals surface area (Å²) in [4.78, 5) is 63.5. The molecule has 0 saturated carbocycles. The summed E-state index contributed by atoms with van der Waals surface area (Å²) in [5, 5.41) is 28.2. The van der Waals surface area contributed by atoms with E-state index < -0.39 is 38.4 Å². The third kappa shape index (κ3) is 3.55. The van der Waals surface area contributed by atoms with Crippen LogP contribution in [-0.4, -0.2) is 41.0 Å². The number of carbonyl (C=O) groups is 4. The topological polar surface area (TPSA) is 179 Å². The Morgan fingerprint density at radius 3 is 2.00 bits per heavy atom. The number of nitro benzene ring substituents is 2. The van der Waals surface area contributed by atoms with Gasteiger partial charge in [0.15, 0.2) is 31.2 Å². The maximum absolute atomic E-state index is 11.3. The lowest BCUT2D eigenvalue weighted by Gasteiger charge is -2.15. The number of nitrogens with zero attached hydrogens (tertiary/aromatic N) is 4. The second-order valence-electron chi connectivity index (χ2n) is 4.25. The molecule has 12 heteroatoms. The number of rotatable bonds is 9. The first kappa shape index (κ1) is 18.3. The Morgan fingerprint density at radius 1 is 1.00 bits per heavy atom. The highest BCUT2D eigenvalue weighted by Gasteiger charge is 2.39. The predicted octanol–water partition coefficient (Wildman–Crippen LogP) is 0.315. The van der Waals surface area contributed by atoms with Gasteiger partial charge in [-0.3, -0.25) is 29.8 Å². The van der Waals surface area contributed by atoms with Crippen LogP contribution in [0.15, 0.2) is 28.4 Å². The molecule has 12 nitrogen and oxygen atoms in total. The van der Waals surface area contributed by atoms with E-state index in [9.17, 15) is 39.4 Å². The molecule has 0 atom stereocenters. The predicted molar refractivity (Wildman–Crippen MR) is 74.3 cm³/mol. The molecule has 24 heavy (non-hydrogen) atoms. The lowest BCUT2D eigenvalue weighted by Crippen LogP contribution is -2.29. The van der Waals surface area contributed by atoms with Crippen LogP contribution in [0.25, 0.3) is 0 Å². The number of hydrogen-bond donors (Lipinski definition) is 0. The van der Waals surface area contributed by atoms with Gasteiger partial charge in [0.25, 0.3) is 11.4 Å². The maximum Gasteiger partial charge on any atom is 0.282 e. The molecule has 0 unspecified atom stereocenters. The van der Waals surface area contributed by atoms with Crippen LogP contribution in [-0.2, 0) is 24.7 Å². The summed E-state index contributed by atoms with van der Waals surface area (Å²) in [5.74, 6) is 0. The van der Waals surface area contributed by atoms with E-state index in [2.05, 4.69) is 10.2 Å². The van der Waals surface area contributed by atoms with Crippen molar-refractivity contribution in [2.24, 2.45) is 10.2 Å². The first-order valence-corrected chi connectivity index (χ1v) is 6.03. The molecule has 0 amide bonds. The highest BCUT2D eigenvalue weighted by molar-refractivity contribution is 5.93. The number of aldehydes is 4. The van der Waals surface area contributed by atoms with Gasteiger partial charge in [-0.1, -0.05) is 0 Å². The van der Waals surface area contributed by atoms with Gasteiger partial charge in [-0.25, -0.2) is 0 Å². The lowest BCUT2D eigenvalue weighted by molar-refractivity contribution is -0.394. The average Bonchev–Trinajstić information content (AvgIpc) is 2.59. The normalized spacial score (nSPS) is 11.2. The molecule has 1 rings (SSSR count). The van der Waals surface area contributed by atoms with Gasteiger partial charge >= 0.3 is 0 Å². The van der Waals surface area contributed by atoms with Gasteiger partial charge in [-0.15, -0.1) is 0 Å². The summed E-state index contributed by atoms with van der Waals surface area (Å²) < 4.78 is 0. The van der Waals surface area contributed by atoms with Crippen molar-refractivity contribution in [3.63, 3.8) is 0 Å². The third-order valence-electron chi connectivity index (χ3n) is 2.82. The van der Waals surface area contributed by atoms with Crippen molar-refractivity contribution in [1.29, 1.82) is 0 Å². The van der Waals surface area contributed by atoms with Crippen molar-refractivity contribution in [3.8, 4) is 0 Å². The van der Waals surface area contributed by atoms with Gasteiger partial charge in [0.2, 0.25) is 5.54 Å². The highest BCUT2D eigenvalue weighted by Crippen LogP contribution is 2.33. The van der Waals surface area contributed by atoms with Gasteiger partial charge in [0, 0.05) is 6.07 Å². The van der Waals surface area contributed by atoms with E-state index >= 15 is 0 Å². The molecule has 0 aliphatic rings. The van der Waals surface area contributed by atoms with Crippen LogP contribution >= 0.6 is 0 Å². The van der Waals surface area contributed by atoms with Crippen molar-refractivity contribution >= 4 is 36.5 Å². The van der Waals surface area contributed by atoms with Gasteiger partial charge < -0.3 is 9.59 Å². The molecule has 0 fully saturated rings. The van der Waals surface area contributed by atoms with E-state index in [0.717, 1.165) is 12.1 Å². The monoisotopic (exact) mass is 336 g/mol. The summed E-state index contributed by atoms with van der Waals surface area (Å²) >= 11 is 0. The number of benzene rings is 1. The minimum absolute atomic E-state index is 0.0705. The molecule has 0 N–H and O–H groups in total. The highest BCUT2D eigenvalue weighted by atomic mass is 16.6. The summed E-state index contributed by atoms with van der Waals surface area (Å²) in [5.41, 5.74) is -4.69. The molecule has 1 aromatic rings. The first-order chi connectivity index (χ1) is 11.3. The number of non-ortho nitro benzene ring substituents is 1. The van der Waals surface area contributed by atoms with Crippen molar-refractivity contribution < 1.29 is 29.0 Å². The van der Waals surface area contributed by atoms with E-state index in [1.165, 1.54) is 0 Å². The summed E-state index contributed by atoms with van der Waals surface area (Å²) in [7, 11) is 0. The van der Waals surface area contributed by atoms with E-state index in [1.54, 1.807) is 0 Å². The molecule has 0 heterocycles. The Hall–Kier alpha value is -3.70. The van der Waals surface area contributed by atoms with Gasteiger partial charge in [0.05, 0.1) is 21.5 Å². The quantitative estimate of drug-likeness (QED) is 0.203. The Morgan fingerprint density at radius 2 is 1.58 bits per heavy atom. The smallest absolute Gasteiger partial charge is 0.282 e. The van der Waals surface area contributed by atoms with Crippen LogP contribution in [0.3, 0.4) is 0 Å². The molecular weight excluding hydrogens is 328 g/mol. The standard InChI is InChI=1S/C12H8N4O8/c17-4-8(5-18)13-14-12(6-19,7-20)10-2-1-9(15(21)22)3-11(10)16(23)24/h1-8H. The molecule has 1 aromatic carbocycles. The fraction of sp³-hybridized carbons (Fsp3) is 0.167. The number of carbonyl (C=O) groups excluding carboxylic acids is 4. The van der Waals surface area contributed by atoms with E-state index in [-0.39, 0.29) is 25.1 Å². The molecule has 0 spiro atoms. The fourth-order valence-electron chi connectivity index (χ4n) is 1.63. The van der Waals surface area contributed by atoms with Crippen LogP contribution in [0.1, 0.15) is 5.56 Å². The molecule has 0 aliphatic heterocycles. The van der Waals surface area contributed by atoms with Crippen LogP contribution in [0, 0.1) is 20.2 Å². The molecule has 0 aromatic heterocycles. The van der Waals surface area contributed by atoms with Gasteiger partial charge in [-0.2, -0.15) is 10.2 Å². The van der Waals surface area contributed by atoms with Crippen LogP contribution < -0.4 is 0 Å². The molecular formula is C12H8N4O8. The molecule has 0 saturated heterocycles. The number of nitro groups is 2. The Balaban J connectivity index is 3.60. The van der Waals surface area contributed by atoms with E-state index in [1.807, 2.05) is 0 Å². The minimum atomic E-state index is -2.53. The van der Waals surface area contributed by atoms with E-state index in [4.69, 9.17) is 0 Å². The third-order valence-corrected chi connectivity index (χ3v) is 2.82. The zero-order chi connectivity index (χ0) is 18.3. The molecule has 124 valence electrons. The summed E-state index contributed by atoms with van der Waals surface area (Å²) in [6, 6.07) is 0.566. The molecule has 0 bridgehead atoms.